The first-order chi connectivity index (χ1) is 24.1. The molecule has 14 heteroatoms. The van der Waals surface area contributed by atoms with Crippen molar-refractivity contribution >= 4 is 61.4 Å². The number of piperidine rings is 1. The molecule has 2 aromatic heterocycles. The van der Waals surface area contributed by atoms with E-state index in [2.05, 4.69) is 46.3 Å². The van der Waals surface area contributed by atoms with Crippen molar-refractivity contribution in [1.82, 2.24) is 14.9 Å². The molecule has 3 aromatic carbocycles. The number of amides is 2. The number of carbonyl (C=O) groups excluding carboxylic acids is 1. The number of anilines is 4. The van der Waals surface area contributed by atoms with Crippen molar-refractivity contribution in [2.75, 3.05) is 41.7 Å². The number of likely N-dealkylation sites (tertiary alicyclic amines) is 1. The molecular formula is C37H35ClF4N6O2S. The van der Waals surface area contributed by atoms with Gasteiger partial charge in [-0.2, -0.15) is 13.2 Å². The number of aromatic nitrogens is 2. The lowest BCUT2D eigenvalue weighted by Crippen LogP contribution is -2.47. The lowest BCUT2D eigenvalue weighted by Gasteiger charge is -2.42. The second-order valence-corrected chi connectivity index (χ2v) is 15.8. The van der Waals surface area contributed by atoms with Crippen molar-refractivity contribution in [3.05, 3.63) is 89.0 Å². The van der Waals surface area contributed by atoms with Crippen LogP contribution in [0.5, 0.6) is 5.75 Å². The van der Waals surface area contributed by atoms with Crippen LogP contribution in [-0.4, -0.2) is 52.2 Å². The molecule has 2 amide bonds. The fourth-order valence-electron chi connectivity index (χ4n) is 7.31. The summed E-state index contributed by atoms with van der Waals surface area (Å²) in [5.74, 6) is -1.07. The second kappa shape index (κ2) is 12.9. The summed E-state index contributed by atoms with van der Waals surface area (Å²) in [5, 5.41) is 18.1. The predicted octanol–water partition coefficient (Wildman–Crippen LogP) is 10.1. The summed E-state index contributed by atoms with van der Waals surface area (Å²) in [6.45, 7) is 9.08. The number of thiazole rings is 1. The largest absolute Gasteiger partial charge is 0.506 e. The van der Waals surface area contributed by atoms with Crippen molar-refractivity contribution in [2.24, 2.45) is 5.41 Å². The molecule has 2 aliphatic heterocycles. The summed E-state index contributed by atoms with van der Waals surface area (Å²) >= 11 is 7.39. The minimum atomic E-state index is -4.66. The second-order valence-electron chi connectivity index (χ2n) is 14.3. The number of hydrogen-bond donors (Lipinski definition) is 3. The molecular weight excluding hydrogens is 704 g/mol. The van der Waals surface area contributed by atoms with Gasteiger partial charge in [-0.3, -0.25) is 10.3 Å². The Bertz CT molecular complexity index is 2130. The number of halogens is 5. The highest BCUT2D eigenvalue weighted by Crippen LogP contribution is 2.58. The number of aromatic hydroxyl groups is 1. The zero-order valence-corrected chi connectivity index (χ0v) is 29.6. The molecule has 4 heterocycles. The minimum Gasteiger partial charge on any atom is -0.506 e. The molecule has 0 aliphatic carbocycles. The van der Waals surface area contributed by atoms with E-state index in [4.69, 9.17) is 11.6 Å². The number of carbonyl (C=O) groups is 1. The Kier molecular flexibility index (Phi) is 8.87. The number of para-hydroxylation sites is 2. The monoisotopic (exact) mass is 738 g/mol. The van der Waals surface area contributed by atoms with Crippen LogP contribution in [0.1, 0.15) is 44.9 Å². The number of nitrogens with zero attached hydrogens (tertiary/aromatic N) is 4. The maximum absolute atomic E-state index is 16.1. The third kappa shape index (κ3) is 6.94. The predicted molar refractivity (Wildman–Crippen MR) is 194 cm³/mol. The topological polar surface area (TPSA) is 93.6 Å². The van der Waals surface area contributed by atoms with Gasteiger partial charge in [0, 0.05) is 46.9 Å². The van der Waals surface area contributed by atoms with Crippen LogP contribution < -0.4 is 15.5 Å². The maximum atomic E-state index is 16.1. The van der Waals surface area contributed by atoms with Gasteiger partial charge in [0.2, 0.25) is 0 Å². The number of alkyl halides is 3. The SMILES string of the molecule is CC(C)(C)CN1CCC2(CC1)CN(c1ccccc1NC(=O)Nc1nc3ccc(Cl)cc3s1)c1c(O)cc(F)c(-c3ccc(C(F)(F)F)nc3)c12. The molecule has 2 aliphatic rings. The van der Waals surface area contributed by atoms with Gasteiger partial charge in [-0.15, -0.1) is 0 Å². The molecule has 1 fully saturated rings. The van der Waals surface area contributed by atoms with Gasteiger partial charge >= 0.3 is 12.2 Å². The molecule has 3 N–H and O–H groups in total. The molecule has 0 radical (unpaired) electrons. The molecule has 8 nitrogen and oxygen atoms in total. The number of nitrogens with one attached hydrogen (secondary N) is 2. The zero-order chi connectivity index (χ0) is 36.3. The standard InChI is InChI=1S/C37H35ClF4N6O2S/c1-35(2,3)19-47-14-12-36(13-15-47)20-48(32-27(49)17-23(39)30(31(32)36)21-8-11-29(43-18-21)37(40,41)42)26-7-5-4-6-24(26)44-33(50)46-34-45-25-10-9-22(38)16-28(25)51-34/h4-11,16-18,49H,12-15,19-20H2,1-3H3,(H2,44,45,46,50). The maximum Gasteiger partial charge on any atom is 0.433 e. The molecule has 1 spiro atoms. The molecule has 0 unspecified atom stereocenters. The highest BCUT2D eigenvalue weighted by molar-refractivity contribution is 7.22. The zero-order valence-electron chi connectivity index (χ0n) is 28.0. The van der Waals surface area contributed by atoms with Crippen LogP contribution in [0.15, 0.2) is 66.9 Å². The van der Waals surface area contributed by atoms with E-state index in [0.29, 0.717) is 70.8 Å². The van der Waals surface area contributed by atoms with E-state index in [1.165, 1.54) is 17.4 Å². The minimum absolute atomic E-state index is 0.0507. The van der Waals surface area contributed by atoms with Crippen molar-refractivity contribution in [1.29, 1.82) is 0 Å². The number of hydrogen-bond acceptors (Lipinski definition) is 7. The summed E-state index contributed by atoms with van der Waals surface area (Å²) in [5.41, 5.74) is 1.10. The molecule has 0 atom stereocenters. The fraction of sp³-hybridized carbons (Fsp3) is 0.324. The van der Waals surface area contributed by atoms with Gasteiger partial charge in [0.05, 0.1) is 27.3 Å². The summed E-state index contributed by atoms with van der Waals surface area (Å²) in [7, 11) is 0. The number of fused-ring (bicyclic) bond motifs is 3. The third-order valence-corrected chi connectivity index (χ3v) is 10.5. The number of phenols is 1. The molecule has 51 heavy (non-hydrogen) atoms. The average Bonchev–Trinajstić information content (AvgIpc) is 3.60. The van der Waals surface area contributed by atoms with Gasteiger partial charge in [0.1, 0.15) is 17.3 Å². The lowest BCUT2D eigenvalue weighted by atomic mass is 9.71. The quantitative estimate of drug-likeness (QED) is 0.156. The van der Waals surface area contributed by atoms with E-state index < -0.39 is 29.1 Å². The van der Waals surface area contributed by atoms with Gasteiger partial charge in [0.15, 0.2) is 5.13 Å². The van der Waals surface area contributed by atoms with Crippen molar-refractivity contribution in [3.63, 3.8) is 0 Å². The molecule has 7 rings (SSSR count). The number of urea groups is 1. The molecule has 5 aromatic rings. The Morgan fingerprint density at radius 1 is 1.04 bits per heavy atom. The van der Waals surface area contributed by atoms with Gasteiger partial charge in [-0.05, 0) is 73.3 Å². The number of benzene rings is 3. The van der Waals surface area contributed by atoms with Crippen LogP contribution in [-0.2, 0) is 11.6 Å². The Hall–Kier alpha value is -4.46. The lowest BCUT2D eigenvalue weighted by molar-refractivity contribution is -0.141. The number of rotatable bonds is 5. The normalized spacial score (nSPS) is 16.1. The van der Waals surface area contributed by atoms with Gasteiger partial charge in [0.25, 0.3) is 0 Å². The summed E-state index contributed by atoms with van der Waals surface area (Å²) < 4.78 is 57.3. The van der Waals surface area contributed by atoms with Crippen molar-refractivity contribution in [2.45, 2.75) is 45.2 Å². The molecule has 0 saturated carbocycles. The van der Waals surface area contributed by atoms with E-state index in [-0.39, 0.29) is 22.3 Å². The van der Waals surface area contributed by atoms with Gasteiger partial charge in [-0.1, -0.05) is 61.9 Å². The van der Waals surface area contributed by atoms with Crippen LogP contribution in [0.3, 0.4) is 0 Å². The van der Waals surface area contributed by atoms with Gasteiger partial charge < -0.3 is 20.2 Å². The first-order valence-electron chi connectivity index (χ1n) is 16.4. The average molecular weight is 739 g/mol. The summed E-state index contributed by atoms with van der Waals surface area (Å²) in [6.07, 6.45) is -2.41. The van der Waals surface area contributed by atoms with Crippen molar-refractivity contribution < 1.29 is 27.5 Å². The van der Waals surface area contributed by atoms with E-state index in [9.17, 15) is 23.1 Å². The van der Waals surface area contributed by atoms with Crippen LogP contribution in [0.4, 0.5) is 44.5 Å². The summed E-state index contributed by atoms with van der Waals surface area (Å²) in [6, 6.07) is 14.9. The fourth-order valence-corrected chi connectivity index (χ4v) is 8.45. The Morgan fingerprint density at radius 3 is 2.47 bits per heavy atom. The summed E-state index contributed by atoms with van der Waals surface area (Å²) in [4.78, 5) is 25.7. The smallest absolute Gasteiger partial charge is 0.433 e. The van der Waals surface area contributed by atoms with E-state index >= 15 is 4.39 Å². The van der Waals surface area contributed by atoms with E-state index in [0.717, 1.165) is 29.6 Å². The van der Waals surface area contributed by atoms with Crippen LogP contribution in [0, 0.1) is 11.2 Å². The Balaban J connectivity index is 1.28. The van der Waals surface area contributed by atoms with Gasteiger partial charge in [-0.25, -0.2) is 14.2 Å². The Labute approximate surface area is 301 Å². The van der Waals surface area contributed by atoms with E-state index in [1.54, 1.807) is 42.5 Å². The molecule has 0 bridgehead atoms. The number of pyridine rings is 1. The van der Waals surface area contributed by atoms with E-state index in [1.807, 2.05) is 4.90 Å². The molecule has 266 valence electrons. The third-order valence-electron chi connectivity index (χ3n) is 9.36. The highest BCUT2D eigenvalue weighted by Gasteiger charge is 2.49. The number of phenolic OH excluding ortho intramolecular Hbond substituents is 1. The first kappa shape index (κ1) is 35.0. The van der Waals surface area contributed by atoms with Crippen LogP contribution in [0.2, 0.25) is 5.02 Å². The molecule has 1 saturated heterocycles. The first-order valence-corrected chi connectivity index (χ1v) is 17.6. The Morgan fingerprint density at radius 2 is 1.78 bits per heavy atom. The van der Waals surface area contributed by atoms with Crippen LogP contribution >= 0.6 is 22.9 Å². The highest BCUT2D eigenvalue weighted by atomic mass is 35.5. The van der Waals surface area contributed by atoms with Crippen molar-refractivity contribution in [3.8, 4) is 16.9 Å². The van der Waals surface area contributed by atoms with Crippen LogP contribution in [0.25, 0.3) is 21.3 Å².